The lowest BCUT2D eigenvalue weighted by molar-refractivity contribution is 0.416. The number of hydrogen-bond acceptors (Lipinski definition) is 4. The van der Waals surface area contributed by atoms with Gasteiger partial charge in [0.05, 0.1) is 17.7 Å². The molecule has 0 radical (unpaired) electrons. The molecule has 0 heterocycles. The third-order valence-electron chi connectivity index (χ3n) is 1.98. The standard InChI is InChI=1S/C9H14N2O3S.2CH4/c1-11(2)15(12,13)7-4-5-9(14-3)8(10)6-7;;/h4-6H,10H2,1-3H3;2*1H4. The highest BCUT2D eigenvalue weighted by Gasteiger charge is 2.17. The predicted molar refractivity (Wildman–Crippen MR) is 71.7 cm³/mol. The highest BCUT2D eigenvalue weighted by Crippen LogP contribution is 2.25. The molecule has 0 aliphatic rings. The molecule has 6 heteroatoms. The number of benzene rings is 1. The molecule has 0 aliphatic heterocycles. The fraction of sp³-hybridized carbons (Fsp3) is 0.455. The van der Waals surface area contributed by atoms with Gasteiger partial charge >= 0.3 is 0 Å². The Morgan fingerprint density at radius 2 is 1.76 bits per heavy atom. The van der Waals surface area contributed by atoms with Gasteiger partial charge in [-0.15, -0.1) is 0 Å². The number of methoxy groups -OCH3 is 1. The first-order valence-electron chi connectivity index (χ1n) is 4.25. The molecule has 17 heavy (non-hydrogen) atoms. The minimum atomic E-state index is -3.43. The van der Waals surface area contributed by atoms with Gasteiger partial charge in [0.2, 0.25) is 10.0 Å². The molecule has 0 spiro atoms. The van der Waals surface area contributed by atoms with Crippen molar-refractivity contribution in [1.29, 1.82) is 0 Å². The molecule has 0 aliphatic carbocycles. The van der Waals surface area contributed by atoms with E-state index in [2.05, 4.69) is 0 Å². The molecule has 1 aromatic rings. The van der Waals surface area contributed by atoms with Crippen LogP contribution in [-0.4, -0.2) is 33.9 Å². The molecule has 0 atom stereocenters. The van der Waals surface area contributed by atoms with Gasteiger partial charge < -0.3 is 10.5 Å². The summed E-state index contributed by atoms with van der Waals surface area (Å²) in [7, 11) is 0.987. The van der Waals surface area contributed by atoms with Crippen LogP contribution in [0.5, 0.6) is 5.75 Å². The molecule has 100 valence electrons. The summed E-state index contributed by atoms with van der Waals surface area (Å²) in [5.41, 5.74) is 5.93. The van der Waals surface area contributed by atoms with Crippen LogP contribution in [0.3, 0.4) is 0 Å². The van der Waals surface area contributed by atoms with E-state index in [0.717, 1.165) is 4.31 Å². The van der Waals surface area contributed by atoms with Crippen molar-refractivity contribution < 1.29 is 13.2 Å². The third-order valence-corrected chi connectivity index (χ3v) is 3.79. The largest absolute Gasteiger partial charge is 0.495 e. The van der Waals surface area contributed by atoms with Crippen molar-refractivity contribution in [3.63, 3.8) is 0 Å². The van der Waals surface area contributed by atoms with Crippen LogP contribution in [0.25, 0.3) is 0 Å². The van der Waals surface area contributed by atoms with Crippen LogP contribution in [0.2, 0.25) is 0 Å². The number of nitrogens with two attached hydrogens (primary N) is 1. The van der Waals surface area contributed by atoms with Crippen LogP contribution in [0.15, 0.2) is 23.1 Å². The Morgan fingerprint density at radius 3 is 2.12 bits per heavy atom. The maximum absolute atomic E-state index is 11.7. The first kappa shape index (κ1) is 18.1. The lowest BCUT2D eigenvalue weighted by Crippen LogP contribution is -2.22. The summed E-state index contributed by atoms with van der Waals surface area (Å²) in [4.78, 5) is 0.158. The van der Waals surface area contributed by atoms with E-state index >= 15 is 0 Å². The maximum atomic E-state index is 11.7. The number of ether oxygens (including phenoxy) is 1. The van der Waals surface area contributed by atoms with Crippen LogP contribution in [0.4, 0.5) is 5.69 Å². The van der Waals surface area contributed by atoms with Crippen molar-refractivity contribution in [2.45, 2.75) is 19.7 Å². The maximum Gasteiger partial charge on any atom is 0.242 e. The van der Waals surface area contributed by atoms with E-state index in [9.17, 15) is 8.42 Å². The molecule has 1 aromatic carbocycles. The Labute approximate surface area is 104 Å². The average Bonchev–Trinajstić information content (AvgIpc) is 2.17. The minimum absolute atomic E-state index is 0. The van der Waals surface area contributed by atoms with E-state index in [4.69, 9.17) is 10.5 Å². The minimum Gasteiger partial charge on any atom is -0.495 e. The van der Waals surface area contributed by atoms with E-state index in [1.54, 1.807) is 0 Å². The fourth-order valence-corrected chi connectivity index (χ4v) is 2.02. The van der Waals surface area contributed by atoms with Crippen molar-refractivity contribution in [3.8, 4) is 5.75 Å². The molecular weight excluding hydrogens is 240 g/mol. The van der Waals surface area contributed by atoms with Gasteiger partial charge in [-0.05, 0) is 18.2 Å². The van der Waals surface area contributed by atoms with Crippen LogP contribution >= 0.6 is 0 Å². The van der Waals surface area contributed by atoms with Crippen LogP contribution in [0, 0.1) is 0 Å². The van der Waals surface area contributed by atoms with E-state index < -0.39 is 10.0 Å². The molecule has 0 unspecified atom stereocenters. The molecule has 0 saturated heterocycles. The molecule has 0 aromatic heterocycles. The van der Waals surface area contributed by atoms with Gasteiger partial charge in [-0.25, -0.2) is 12.7 Å². The second-order valence-corrected chi connectivity index (χ2v) is 5.34. The van der Waals surface area contributed by atoms with Gasteiger partial charge in [-0.3, -0.25) is 0 Å². The Hall–Kier alpha value is -1.27. The predicted octanol–water partition coefficient (Wildman–Crippen LogP) is 1.80. The second-order valence-electron chi connectivity index (χ2n) is 3.19. The van der Waals surface area contributed by atoms with E-state index in [1.807, 2.05) is 0 Å². The first-order chi connectivity index (χ1) is 6.89. The summed E-state index contributed by atoms with van der Waals surface area (Å²) in [6.07, 6.45) is 0. The molecule has 1 rings (SSSR count). The molecule has 0 amide bonds. The lowest BCUT2D eigenvalue weighted by atomic mass is 10.3. The summed E-state index contributed by atoms with van der Waals surface area (Å²) in [6, 6.07) is 4.38. The zero-order chi connectivity index (χ0) is 11.6. The van der Waals surface area contributed by atoms with Gasteiger partial charge in [0.25, 0.3) is 0 Å². The van der Waals surface area contributed by atoms with Crippen molar-refractivity contribution >= 4 is 15.7 Å². The van der Waals surface area contributed by atoms with E-state index in [0.29, 0.717) is 11.4 Å². The van der Waals surface area contributed by atoms with E-state index in [-0.39, 0.29) is 19.7 Å². The number of hydrogen-bond donors (Lipinski definition) is 1. The average molecular weight is 262 g/mol. The van der Waals surface area contributed by atoms with Gasteiger partial charge in [-0.1, -0.05) is 14.9 Å². The monoisotopic (exact) mass is 262 g/mol. The SMILES string of the molecule is C.C.COc1ccc(S(=O)(=O)N(C)C)cc1N. The second kappa shape index (κ2) is 6.46. The van der Waals surface area contributed by atoms with Gasteiger partial charge in [0, 0.05) is 14.1 Å². The van der Waals surface area contributed by atoms with Crippen molar-refractivity contribution in [3.05, 3.63) is 18.2 Å². The summed E-state index contributed by atoms with van der Waals surface area (Å²) in [6.45, 7) is 0. The zero-order valence-corrected chi connectivity index (χ0v) is 9.71. The lowest BCUT2D eigenvalue weighted by Gasteiger charge is -2.12. The summed E-state index contributed by atoms with van der Waals surface area (Å²) in [5, 5.41) is 0. The number of nitrogen functional groups attached to an aromatic ring is 1. The number of anilines is 1. The highest BCUT2D eigenvalue weighted by molar-refractivity contribution is 7.89. The quantitative estimate of drug-likeness (QED) is 0.843. The Morgan fingerprint density at radius 1 is 1.24 bits per heavy atom. The fourth-order valence-electron chi connectivity index (χ4n) is 1.08. The normalized spacial score (nSPS) is 10.4. The van der Waals surface area contributed by atoms with Crippen LogP contribution in [-0.2, 0) is 10.0 Å². The molecule has 0 saturated carbocycles. The van der Waals surface area contributed by atoms with E-state index in [1.165, 1.54) is 39.4 Å². The molecule has 0 bridgehead atoms. The van der Waals surface area contributed by atoms with Crippen molar-refractivity contribution in [2.75, 3.05) is 26.9 Å². The van der Waals surface area contributed by atoms with Crippen molar-refractivity contribution in [1.82, 2.24) is 4.31 Å². The van der Waals surface area contributed by atoms with Crippen LogP contribution in [0.1, 0.15) is 14.9 Å². The zero-order valence-electron chi connectivity index (χ0n) is 8.89. The highest BCUT2D eigenvalue weighted by atomic mass is 32.2. The smallest absolute Gasteiger partial charge is 0.242 e. The van der Waals surface area contributed by atoms with Crippen LogP contribution < -0.4 is 10.5 Å². The molecule has 0 fully saturated rings. The number of sulfonamides is 1. The first-order valence-corrected chi connectivity index (χ1v) is 5.69. The summed E-state index contributed by atoms with van der Waals surface area (Å²) in [5.74, 6) is 0.465. The topological polar surface area (TPSA) is 72.6 Å². The van der Waals surface area contributed by atoms with Crippen molar-refractivity contribution in [2.24, 2.45) is 0 Å². The molecule has 5 nitrogen and oxygen atoms in total. The Kier molecular flexibility index (Phi) is 6.88. The molecule has 2 N–H and O–H groups in total. The Bertz CT molecular complexity index is 456. The number of rotatable bonds is 3. The van der Waals surface area contributed by atoms with Gasteiger partial charge in [0.1, 0.15) is 5.75 Å². The summed E-state index contributed by atoms with van der Waals surface area (Å²) >= 11 is 0. The van der Waals surface area contributed by atoms with Gasteiger partial charge in [-0.2, -0.15) is 0 Å². The number of nitrogens with zero attached hydrogens (tertiary/aromatic N) is 1. The van der Waals surface area contributed by atoms with Gasteiger partial charge in [0.15, 0.2) is 0 Å². The Balaban J connectivity index is 0. The summed E-state index contributed by atoms with van der Waals surface area (Å²) < 4.78 is 29.5. The molecular formula is C11H22N2O3S. The third kappa shape index (κ3) is 3.61.